The van der Waals surface area contributed by atoms with Crippen molar-refractivity contribution in [3.63, 3.8) is 0 Å². The zero-order valence-corrected chi connectivity index (χ0v) is 14.6. The fourth-order valence-electron chi connectivity index (χ4n) is 3.12. The first kappa shape index (κ1) is 15.9. The van der Waals surface area contributed by atoms with Crippen LogP contribution in [-0.2, 0) is 13.5 Å². The van der Waals surface area contributed by atoms with Crippen molar-refractivity contribution in [3.8, 4) is 11.4 Å². The first-order valence-electron chi connectivity index (χ1n) is 8.20. The molecule has 1 atom stereocenters. The largest absolute Gasteiger partial charge is 0.339 e. The zero-order chi connectivity index (χ0) is 17.2. The molecule has 9 heteroatoms. The monoisotopic (exact) mass is 358 g/mol. The lowest BCUT2D eigenvalue weighted by atomic mass is 9.94. The van der Waals surface area contributed by atoms with Crippen LogP contribution in [0.25, 0.3) is 11.4 Å². The fourth-order valence-corrected chi connectivity index (χ4v) is 3.75. The Kier molecular flexibility index (Phi) is 4.31. The number of nitrogens with zero attached hydrogens (tertiary/aromatic N) is 6. The molecule has 0 spiro atoms. The molecule has 1 saturated heterocycles. The second-order valence-electron chi connectivity index (χ2n) is 6.26. The Morgan fingerprint density at radius 3 is 3.16 bits per heavy atom. The predicted octanol–water partition coefficient (Wildman–Crippen LogP) is 2.02. The summed E-state index contributed by atoms with van der Waals surface area (Å²) in [6, 6.07) is 1.97. The number of piperidine rings is 1. The van der Waals surface area contributed by atoms with Crippen molar-refractivity contribution in [1.29, 1.82) is 0 Å². The van der Waals surface area contributed by atoms with E-state index in [2.05, 4.69) is 20.5 Å². The number of rotatable bonds is 4. The summed E-state index contributed by atoms with van der Waals surface area (Å²) in [5, 5.41) is 15.8. The van der Waals surface area contributed by atoms with E-state index >= 15 is 0 Å². The highest BCUT2D eigenvalue weighted by Gasteiger charge is 2.27. The van der Waals surface area contributed by atoms with Gasteiger partial charge in [0.25, 0.3) is 5.91 Å². The Hall–Kier alpha value is -2.55. The summed E-state index contributed by atoms with van der Waals surface area (Å²) >= 11 is 1.60. The predicted molar refractivity (Wildman–Crippen MR) is 90.9 cm³/mol. The van der Waals surface area contributed by atoms with Crippen molar-refractivity contribution < 1.29 is 9.32 Å². The Balaban J connectivity index is 1.41. The Morgan fingerprint density at radius 1 is 1.48 bits per heavy atom. The maximum atomic E-state index is 12.5. The molecule has 0 bridgehead atoms. The van der Waals surface area contributed by atoms with Crippen molar-refractivity contribution >= 4 is 17.2 Å². The van der Waals surface area contributed by atoms with E-state index in [-0.39, 0.29) is 5.91 Å². The van der Waals surface area contributed by atoms with Crippen molar-refractivity contribution in [3.05, 3.63) is 34.6 Å². The molecule has 0 aliphatic carbocycles. The standard InChI is InChI=1S/C16H18N6O2S/c1-21-9-13(18-20-21)16(23)22-5-2-3-11(8-22)7-14-17-15(19-24-14)12-4-6-25-10-12/h4,6,9-11H,2-3,5,7-8H2,1H3. The van der Waals surface area contributed by atoms with Gasteiger partial charge in [-0.1, -0.05) is 10.4 Å². The number of carbonyl (C=O) groups excluding carboxylic acids is 1. The third kappa shape index (κ3) is 3.46. The van der Waals surface area contributed by atoms with Gasteiger partial charge < -0.3 is 9.42 Å². The second kappa shape index (κ2) is 6.75. The van der Waals surface area contributed by atoms with E-state index in [1.807, 2.05) is 21.7 Å². The van der Waals surface area contributed by atoms with Gasteiger partial charge in [-0.15, -0.1) is 5.10 Å². The third-order valence-corrected chi connectivity index (χ3v) is 5.02. The third-order valence-electron chi connectivity index (χ3n) is 4.34. The van der Waals surface area contributed by atoms with Crippen LogP contribution in [0.2, 0.25) is 0 Å². The molecule has 0 radical (unpaired) electrons. The molecular formula is C16H18N6O2S. The molecule has 3 aromatic heterocycles. The van der Waals surface area contributed by atoms with Crippen molar-refractivity contribution in [2.24, 2.45) is 13.0 Å². The normalized spacial score (nSPS) is 17.8. The van der Waals surface area contributed by atoms with Crippen LogP contribution >= 0.6 is 11.3 Å². The van der Waals surface area contributed by atoms with Gasteiger partial charge in [-0.2, -0.15) is 16.3 Å². The van der Waals surface area contributed by atoms with Gasteiger partial charge in [-0.05, 0) is 30.2 Å². The van der Waals surface area contributed by atoms with E-state index in [0.717, 1.165) is 24.9 Å². The number of hydrogen-bond donors (Lipinski definition) is 0. The molecule has 0 N–H and O–H groups in total. The van der Waals surface area contributed by atoms with E-state index in [1.54, 1.807) is 29.3 Å². The number of hydrogen-bond acceptors (Lipinski definition) is 7. The summed E-state index contributed by atoms with van der Waals surface area (Å²) < 4.78 is 6.93. The summed E-state index contributed by atoms with van der Waals surface area (Å²) in [6.07, 6.45) is 4.33. The van der Waals surface area contributed by atoms with Crippen LogP contribution in [0.1, 0.15) is 29.2 Å². The van der Waals surface area contributed by atoms with Crippen molar-refractivity contribution in [1.82, 2.24) is 30.0 Å². The number of carbonyl (C=O) groups is 1. The van der Waals surface area contributed by atoms with Crippen LogP contribution in [0.4, 0.5) is 0 Å². The first-order valence-corrected chi connectivity index (χ1v) is 9.14. The molecule has 4 rings (SSSR count). The van der Waals surface area contributed by atoms with Crippen LogP contribution in [0.15, 0.2) is 27.5 Å². The highest BCUT2D eigenvalue weighted by molar-refractivity contribution is 7.08. The Labute approximate surface area is 148 Å². The number of thiophene rings is 1. The highest BCUT2D eigenvalue weighted by atomic mass is 32.1. The molecular weight excluding hydrogens is 340 g/mol. The van der Waals surface area contributed by atoms with E-state index in [9.17, 15) is 4.79 Å². The molecule has 0 aromatic carbocycles. The number of aromatic nitrogens is 5. The van der Waals surface area contributed by atoms with Gasteiger partial charge in [0.05, 0.1) is 6.20 Å². The van der Waals surface area contributed by atoms with Crippen molar-refractivity contribution in [2.45, 2.75) is 19.3 Å². The average molecular weight is 358 g/mol. The van der Waals surface area contributed by atoms with Crippen LogP contribution in [0.5, 0.6) is 0 Å². The molecule has 0 saturated carbocycles. The molecule has 3 aromatic rings. The van der Waals surface area contributed by atoms with Gasteiger partial charge in [0.2, 0.25) is 11.7 Å². The lowest BCUT2D eigenvalue weighted by molar-refractivity contribution is 0.0662. The molecule has 1 fully saturated rings. The summed E-state index contributed by atoms with van der Waals surface area (Å²) in [6.45, 7) is 1.42. The summed E-state index contributed by atoms with van der Waals surface area (Å²) in [4.78, 5) is 18.9. The van der Waals surface area contributed by atoms with Gasteiger partial charge in [0.1, 0.15) is 0 Å². The van der Waals surface area contributed by atoms with Gasteiger partial charge in [0.15, 0.2) is 5.69 Å². The fraction of sp³-hybridized carbons (Fsp3) is 0.438. The minimum Gasteiger partial charge on any atom is -0.339 e. The Morgan fingerprint density at radius 2 is 2.40 bits per heavy atom. The summed E-state index contributed by atoms with van der Waals surface area (Å²) in [5.41, 5.74) is 1.36. The smallest absolute Gasteiger partial charge is 0.276 e. The SMILES string of the molecule is Cn1cc(C(=O)N2CCCC(Cc3nc(-c4ccsc4)no3)C2)nn1. The minimum atomic E-state index is -0.0673. The number of aryl methyl sites for hydroxylation is 1. The van der Waals surface area contributed by atoms with E-state index in [0.29, 0.717) is 36.3 Å². The maximum Gasteiger partial charge on any atom is 0.276 e. The van der Waals surface area contributed by atoms with Crippen LogP contribution in [0, 0.1) is 5.92 Å². The molecule has 130 valence electrons. The molecule has 8 nitrogen and oxygen atoms in total. The van der Waals surface area contributed by atoms with Crippen LogP contribution < -0.4 is 0 Å². The number of likely N-dealkylation sites (tertiary alicyclic amines) is 1. The first-order chi connectivity index (χ1) is 12.2. The molecule has 1 aliphatic heterocycles. The molecule has 25 heavy (non-hydrogen) atoms. The minimum absolute atomic E-state index is 0.0673. The Bertz CT molecular complexity index is 856. The summed E-state index contributed by atoms with van der Waals surface area (Å²) in [7, 11) is 1.75. The lowest BCUT2D eigenvalue weighted by Crippen LogP contribution is -2.40. The molecule has 1 unspecified atom stereocenters. The van der Waals surface area contributed by atoms with Gasteiger partial charge in [-0.25, -0.2) is 0 Å². The molecule has 1 aliphatic rings. The highest BCUT2D eigenvalue weighted by Crippen LogP contribution is 2.23. The quantitative estimate of drug-likeness (QED) is 0.709. The maximum absolute atomic E-state index is 12.5. The number of amides is 1. The molecule has 4 heterocycles. The van der Waals surface area contributed by atoms with E-state index in [4.69, 9.17) is 4.52 Å². The topological polar surface area (TPSA) is 89.9 Å². The average Bonchev–Trinajstić information content (AvgIpc) is 3.35. The van der Waals surface area contributed by atoms with Crippen LogP contribution in [0.3, 0.4) is 0 Å². The van der Waals surface area contributed by atoms with Gasteiger partial charge >= 0.3 is 0 Å². The molecule has 1 amide bonds. The lowest BCUT2D eigenvalue weighted by Gasteiger charge is -2.31. The van der Waals surface area contributed by atoms with E-state index < -0.39 is 0 Å². The zero-order valence-electron chi connectivity index (χ0n) is 13.8. The van der Waals surface area contributed by atoms with Crippen LogP contribution in [-0.4, -0.2) is 49.0 Å². The van der Waals surface area contributed by atoms with E-state index in [1.165, 1.54) is 0 Å². The second-order valence-corrected chi connectivity index (χ2v) is 7.04. The van der Waals surface area contributed by atoms with Gasteiger partial charge in [0, 0.05) is 37.5 Å². The van der Waals surface area contributed by atoms with Gasteiger partial charge in [-0.3, -0.25) is 9.48 Å². The van der Waals surface area contributed by atoms with Crippen molar-refractivity contribution in [2.75, 3.05) is 13.1 Å². The summed E-state index contributed by atoms with van der Waals surface area (Å²) in [5.74, 6) is 1.49.